The molecule has 1 heterocycles. The monoisotopic (exact) mass is 185 g/mol. The van der Waals surface area contributed by atoms with Gasteiger partial charge in [-0.25, -0.2) is 0 Å². The summed E-state index contributed by atoms with van der Waals surface area (Å²) in [7, 11) is 0. The van der Waals surface area contributed by atoms with Crippen LogP contribution in [0, 0.1) is 5.92 Å². The maximum absolute atomic E-state index is 3.81. The third-order valence-electron chi connectivity index (χ3n) is 3.01. The number of hydrogen-bond donors (Lipinski definition) is 1. The smallest absolute Gasteiger partial charge is 0.0168 e. The van der Waals surface area contributed by atoms with Gasteiger partial charge in [0.1, 0.15) is 0 Å². The molecule has 2 atom stereocenters. The van der Waals surface area contributed by atoms with Gasteiger partial charge >= 0.3 is 0 Å². The minimum Gasteiger partial charge on any atom is -0.310 e. The van der Waals surface area contributed by atoms with E-state index in [1.54, 1.807) is 0 Å². The Morgan fingerprint density at radius 3 is 2.75 bits per heavy atom. The van der Waals surface area contributed by atoms with E-state index in [1.165, 1.54) is 37.2 Å². The summed E-state index contributed by atoms with van der Waals surface area (Å²) in [6.07, 6.45) is 5.68. The number of nitrogens with one attached hydrogen (secondary N) is 1. The molecule has 1 aliphatic carbocycles. The van der Waals surface area contributed by atoms with Crippen LogP contribution in [-0.2, 0) is 0 Å². The Morgan fingerprint density at radius 2 is 2.25 bits per heavy atom. The fourth-order valence-corrected chi connectivity index (χ4v) is 3.22. The molecule has 0 aromatic carbocycles. The molecule has 0 spiro atoms. The third-order valence-corrected chi connectivity index (χ3v) is 4.17. The van der Waals surface area contributed by atoms with Gasteiger partial charge in [0.2, 0.25) is 0 Å². The van der Waals surface area contributed by atoms with E-state index in [9.17, 15) is 0 Å². The van der Waals surface area contributed by atoms with E-state index in [2.05, 4.69) is 24.0 Å². The second-order valence-corrected chi connectivity index (χ2v) is 5.23. The summed E-state index contributed by atoms with van der Waals surface area (Å²) in [5.74, 6) is 3.75. The van der Waals surface area contributed by atoms with Crippen molar-refractivity contribution < 1.29 is 0 Å². The predicted molar refractivity (Wildman–Crippen MR) is 55.7 cm³/mol. The minimum absolute atomic E-state index is 0.834. The average Bonchev–Trinajstić information content (AvgIpc) is 2.80. The number of rotatable bonds is 4. The van der Waals surface area contributed by atoms with E-state index in [4.69, 9.17) is 0 Å². The third kappa shape index (κ3) is 2.17. The van der Waals surface area contributed by atoms with Crippen LogP contribution in [0.5, 0.6) is 0 Å². The van der Waals surface area contributed by atoms with Gasteiger partial charge in [-0.1, -0.05) is 6.92 Å². The zero-order chi connectivity index (χ0) is 8.39. The summed E-state index contributed by atoms with van der Waals surface area (Å²) < 4.78 is 0. The molecule has 2 unspecified atom stereocenters. The Morgan fingerprint density at radius 1 is 1.42 bits per heavy atom. The van der Waals surface area contributed by atoms with Gasteiger partial charge in [-0.3, -0.25) is 0 Å². The largest absolute Gasteiger partial charge is 0.310 e. The molecule has 0 radical (unpaired) electrons. The van der Waals surface area contributed by atoms with Gasteiger partial charge in [-0.05, 0) is 37.4 Å². The van der Waals surface area contributed by atoms with Crippen molar-refractivity contribution in [3.63, 3.8) is 0 Å². The average molecular weight is 185 g/mol. The Labute approximate surface area is 79.7 Å². The van der Waals surface area contributed by atoms with Crippen LogP contribution in [0.15, 0.2) is 0 Å². The first-order chi connectivity index (χ1) is 5.90. The van der Waals surface area contributed by atoms with E-state index < -0.39 is 0 Å². The zero-order valence-corrected chi connectivity index (χ0v) is 8.70. The van der Waals surface area contributed by atoms with E-state index >= 15 is 0 Å². The van der Waals surface area contributed by atoms with E-state index in [1.807, 2.05) is 0 Å². The van der Waals surface area contributed by atoms with Crippen LogP contribution in [0.25, 0.3) is 0 Å². The minimum atomic E-state index is 0.834. The molecule has 1 nitrogen and oxygen atoms in total. The molecular weight excluding hydrogens is 166 g/mol. The molecule has 0 aromatic heterocycles. The highest BCUT2D eigenvalue weighted by molar-refractivity contribution is 7.99. The molecule has 12 heavy (non-hydrogen) atoms. The fraction of sp³-hybridized carbons (Fsp3) is 1.00. The standard InChI is InChI=1S/C10H19NS/c1-2-10(8-3-4-8)11-9-5-6-12-7-9/h8-11H,2-7H2,1H3. The maximum atomic E-state index is 3.81. The molecule has 1 aliphatic heterocycles. The lowest BCUT2D eigenvalue weighted by atomic mass is 10.1. The summed E-state index contributed by atoms with van der Waals surface area (Å²) in [5.41, 5.74) is 0. The first-order valence-corrected chi connectivity index (χ1v) is 6.39. The molecular formula is C10H19NS. The summed E-state index contributed by atoms with van der Waals surface area (Å²) in [4.78, 5) is 0. The molecule has 0 amide bonds. The second-order valence-electron chi connectivity index (χ2n) is 4.08. The van der Waals surface area contributed by atoms with Gasteiger partial charge in [0.15, 0.2) is 0 Å². The lowest BCUT2D eigenvalue weighted by Crippen LogP contribution is -2.39. The van der Waals surface area contributed by atoms with E-state index in [0.29, 0.717) is 0 Å². The Bertz CT molecular complexity index is 139. The highest BCUT2D eigenvalue weighted by atomic mass is 32.2. The van der Waals surface area contributed by atoms with Crippen molar-refractivity contribution >= 4 is 11.8 Å². The van der Waals surface area contributed by atoms with Gasteiger partial charge in [-0.15, -0.1) is 0 Å². The van der Waals surface area contributed by atoms with Crippen LogP contribution in [0.2, 0.25) is 0 Å². The molecule has 1 saturated heterocycles. The maximum Gasteiger partial charge on any atom is 0.0168 e. The first kappa shape index (κ1) is 8.89. The van der Waals surface area contributed by atoms with Crippen molar-refractivity contribution in [2.45, 2.75) is 44.7 Å². The van der Waals surface area contributed by atoms with Crippen molar-refractivity contribution in [1.29, 1.82) is 0 Å². The quantitative estimate of drug-likeness (QED) is 0.721. The molecule has 0 aromatic rings. The van der Waals surface area contributed by atoms with E-state index in [0.717, 1.165) is 18.0 Å². The molecule has 2 rings (SSSR count). The molecule has 2 aliphatic rings. The van der Waals surface area contributed by atoms with Crippen LogP contribution >= 0.6 is 11.8 Å². The second kappa shape index (κ2) is 4.01. The predicted octanol–water partition coefficient (Wildman–Crippen LogP) is 2.27. The SMILES string of the molecule is CCC(NC1CCSC1)C1CC1. The van der Waals surface area contributed by atoms with Gasteiger partial charge in [0.05, 0.1) is 0 Å². The summed E-state index contributed by atoms with van der Waals surface area (Å²) >= 11 is 2.10. The Balaban J connectivity index is 1.74. The molecule has 0 bridgehead atoms. The summed E-state index contributed by atoms with van der Waals surface area (Å²) in [6, 6.07) is 1.68. The van der Waals surface area contributed by atoms with E-state index in [-0.39, 0.29) is 0 Å². The van der Waals surface area contributed by atoms with Crippen LogP contribution in [0.1, 0.15) is 32.6 Å². The normalized spacial score (nSPS) is 32.2. The van der Waals surface area contributed by atoms with Crippen LogP contribution in [-0.4, -0.2) is 23.6 Å². The number of hydrogen-bond acceptors (Lipinski definition) is 2. The highest BCUT2D eigenvalue weighted by Crippen LogP contribution is 2.34. The molecule has 2 fully saturated rings. The lowest BCUT2D eigenvalue weighted by Gasteiger charge is -2.20. The topological polar surface area (TPSA) is 12.0 Å². The first-order valence-electron chi connectivity index (χ1n) is 5.24. The van der Waals surface area contributed by atoms with Gasteiger partial charge in [0.25, 0.3) is 0 Å². The van der Waals surface area contributed by atoms with Crippen molar-refractivity contribution in [3.8, 4) is 0 Å². The van der Waals surface area contributed by atoms with Crippen molar-refractivity contribution in [3.05, 3.63) is 0 Å². The zero-order valence-electron chi connectivity index (χ0n) is 7.88. The molecule has 1 saturated carbocycles. The highest BCUT2D eigenvalue weighted by Gasteiger charge is 2.31. The van der Waals surface area contributed by atoms with Crippen molar-refractivity contribution in [1.82, 2.24) is 5.32 Å². The fourth-order valence-electron chi connectivity index (χ4n) is 2.05. The molecule has 70 valence electrons. The Hall–Kier alpha value is 0.310. The Kier molecular flexibility index (Phi) is 2.97. The molecule has 1 N–H and O–H groups in total. The van der Waals surface area contributed by atoms with Crippen LogP contribution in [0.4, 0.5) is 0 Å². The van der Waals surface area contributed by atoms with Gasteiger partial charge < -0.3 is 5.32 Å². The van der Waals surface area contributed by atoms with Gasteiger partial charge in [-0.2, -0.15) is 11.8 Å². The summed E-state index contributed by atoms with van der Waals surface area (Å²) in [6.45, 7) is 2.32. The van der Waals surface area contributed by atoms with Crippen LogP contribution in [0.3, 0.4) is 0 Å². The summed E-state index contributed by atoms with van der Waals surface area (Å²) in [5, 5.41) is 3.81. The number of thioether (sulfide) groups is 1. The van der Waals surface area contributed by atoms with Crippen molar-refractivity contribution in [2.75, 3.05) is 11.5 Å². The lowest BCUT2D eigenvalue weighted by molar-refractivity contribution is 0.402. The van der Waals surface area contributed by atoms with Crippen LogP contribution < -0.4 is 5.32 Å². The van der Waals surface area contributed by atoms with Gasteiger partial charge in [0, 0.05) is 17.8 Å². The van der Waals surface area contributed by atoms with Crippen molar-refractivity contribution in [2.24, 2.45) is 5.92 Å². The molecule has 2 heteroatoms.